The van der Waals surface area contributed by atoms with E-state index in [0.29, 0.717) is 5.69 Å². The van der Waals surface area contributed by atoms with Gasteiger partial charge in [0, 0.05) is 14.1 Å². The molecular weight excluding hydrogens is 358 g/mol. The highest BCUT2D eigenvalue weighted by atomic mass is 32.2. The maximum Gasteiger partial charge on any atom is 0.333 e. The number of benzene rings is 1. The van der Waals surface area contributed by atoms with Crippen molar-refractivity contribution in [1.82, 2.24) is 9.13 Å². The molecule has 0 saturated heterocycles. The molecule has 2 aromatic rings. The number of carbonyl (C=O) groups excluding carboxylic acids is 1. The molecular formula is C17H19N3O5S. The minimum Gasteiger partial charge on any atom is -0.494 e. The minimum atomic E-state index is -0.700. The van der Waals surface area contributed by atoms with Gasteiger partial charge >= 0.3 is 11.7 Å². The first-order chi connectivity index (χ1) is 12.3. The Morgan fingerprint density at radius 1 is 1.27 bits per heavy atom. The molecule has 0 spiro atoms. The van der Waals surface area contributed by atoms with Crippen LogP contribution < -0.4 is 11.2 Å². The highest BCUT2D eigenvalue weighted by Crippen LogP contribution is 2.23. The maximum atomic E-state index is 12.6. The zero-order chi connectivity index (χ0) is 19.4. The van der Waals surface area contributed by atoms with Crippen LogP contribution in [0.25, 0.3) is 0 Å². The number of aryl methyl sites for hydroxylation is 1. The number of aromatic nitrogens is 2. The van der Waals surface area contributed by atoms with Gasteiger partial charge in [-0.1, -0.05) is 23.9 Å². The number of aromatic hydroxyl groups is 1. The summed E-state index contributed by atoms with van der Waals surface area (Å²) in [5.41, 5.74) is -0.00247. The fourth-order valence-electron chi connectivity index (χ4n) is 2.18. The van der Waals surface area contributed by atoms with Crippen molar-refractivity contribution in [2.45, 2.75) is 6.92 Å². The second kappa shape index (κ2) is 8.05. The van der Waals surface area contributed by atoms with Gasteiger partial charge in [0.05, 0.1) is 18.6 Å². The summed E-state index contributed by atoms with van der Waals surface area (Å²) in [7, 11) is 3.90. The Labute approximate surface area is 153 Å². The van der Waals surface area contributed by atoms with E-state index in [4.69, 9.17) is 0 Å². The van der Waals surface area contributed by atoms with Gasteiger partial charge in [0.25, 0.3) is 5.56 Å². The van der Waals surface area contributed by atoms with Crippen LogP contribution in [0.15, 0.2) is 38.8 Å². The third-order valence-corrected chi connectivity index (χ3v) is 4.58. The number of rotatable bonds is 4. The van der Waals surface area contributed by atoms with Gasteiger partial charge in [0.2, 0.25) is 5.88 Å². The topological polar surface area (TPSA) is 103 Å². The Balaban J connectivity index is 2.67. The lowest BCUT2D eigenvalue weighted by Crippen LogP contribution is -2.39. The van der Waals surface area contributed by atoms with E-state index in [-0.39, 0.29) is 16.4 Å². The zero-order valence-corrected chi connectivity index (χ0v) is 15.7. The SMILES string of the molecule is COC(=O)CSC(=Nc1cccc(C)c1)c1c(O)n(C)c(=O)n(C)c1=O. The maximum absolute atomic E-state index is 12.6. The van der Waals surface area contributed by atoms with E-state index >= 15 is 0 Å². The molecule has 0 atom stereocenters. The van der Waals surface area contributed by atoms with Crippen molar-refractivity contribution in [2.24, 2.45) is 19.1 Å². The largest absolute Gasteiger partial charge is 0.494 e. The third kappa shape index (κ3) is 4.05. The van der Waals surface area contributed by atoms with Crippen LogP contribution in [-0.4, -0.2) is 38.1 Å². The van der Waals surface area contributed by atoms with Crippen LogP contribution in [-0.2, 0) is 23.6 Å². The molecule has 0 fully saturated rings. The molecule has 2 rings (SSSR count). The summed E-state index contributed by atoms with van der Waals surface area (Å²) in [6.45, 7) is 1.89. The average molecular weight is 377 g/mol. The number of hydrogen-bond donors (Lipinski definition) is 1. The highest BCUT2D eigenvalue weighted by Gasteiger charge is 2.21. The summed E-state index contributed by atoms with van der Waals surface area (Å²) in [5.74, 6) is -1.12. The van der Waals surface area contributed by atoms with E-state index < -0.39 is 23.1 Å². The molecule has 26 heavy (non-hydrogen) atoms. The molecule has 1 aromatic carbocycles. The molecule has 8 nitrogen and oxygen atoms in total. The van der Waals surface area contributed by atoms with Gasteiger partial charge in [-0.3, -0.25) is 18.7 Å². The van der Waals surface area contributed by atoms with Crippen LogP contribution >= 0.6 is 11.8 Å². The number of hydrogen-bond acceptors (Lipinski definition) is 7. The molecule has 0 radical (unpaired) electrons. The number of esters is 1. The standard InChI is InChI=1S/C17H19N3O5S/c1-10-6-5-7-11(8-10)18-14(26-9-12(21)25-4)13-15(22)19(2)17(24)20(3)16(13)23/h5-8,22H,9H2,1-4H3. The molecule has 1 aromatic heterocycles. The van der Waals surface area contributed by atoms with Crippen LogP contribution in [0.1, 0.15) is 11.1 Å². The summed E-state index contributed by atoms with van der Waals surface area (Å²) in [5, 5.41) is 10.5. The van der Waals surface area contributed by atoms with Gasteiger partial charge in [-0.15, -0.1) is 0 Å². The van der Waals surface area contributed by atoms with Crippen molar-refractivity contribution in [2.75, 3.05) is 12.9 Å². The molecule has 0 aliphatic rings. The molecule has 0 unspecified atom stereocenters. The van der Waals surface area contributed by atoms with Gasteiger partial charge < -0.3 is 9.84 Å². The van der Waals surface area contributed by atoms with Crippen molar-refractivity contribution in [1.29, 1.82) is 0 Å². The van der Waals surface area contributed by atoms with Gasteiger partial charge in [-0.25, -0.2) is 9.79 Å². The normalized spacial score (nSPS) is 11.5. The van der Waals surface area contributed by atoms with E-state index in [1.54, 1.807) is 18.2 Å². The lowest BCUT2D eigenvalue weighted by Gasteiger charge is -2.12. The predicted octanol–water partition coefficient (Wildman–Crippen LogP) is 1.08. The zero-order valence-electron chi connectivity index (χ0n) is 14.8. The number of methoxy groups -OCH3 is 1. The Morgan fingerprint density at radius 3 is 2.58 bits per heavy atom. The van der Waals surface area contributed by atoms with Crippen molar-refractivity contribution in [3.8, 4) is 5.88 Å². The molecule has 138 valence electrons. The van der Waals surface area contributed by atoms with E-state index in [0.717, 1.165) is 26.5 Å². The molecule has 9 heteroatoms. The van der Waals surface area contributed by atoms with Gasteiger partial charge in [-0.2, -0.15) is 0 Å². The number of nitrogens with zero attached hydrogens (tertiary/aromatic N) is 3. The van der Waals surface area contributed by atoms with E-state index in [1.807, 2.05) is 13.0 Å². The smallest absolute Gasteiger partial charge is 0.333 e. The molecule has 0 amide bonds. The second-order valence-corrected chi connectivity index (χ2v) is 6.49. The molecule has 1 N–H and O–H groups in total. The first kappa shape index (κ1) is 19.5. The number of aliphatic imine (C=N–C) groups is 1. The molecule has 0 saturated carbocycles. The summed E-state index contributed by atoms with van der Waals surface area (Å²) >= 11 is 0.946. The molecule has 0 aliphatic heterocycles. The van der Waals surface area contributed by atoms with Crippen molar-refractivity contribution in [3.63, 3.8) is 0 Å². The average Bonchev–Trinajstić information content (AvgIpc) is 2.62. The van der Waals surface area contributed by atoms with E-state index in [1.165, 1.54) is 21.2 Å². The van der Waals surface area contributed by atoms with Crippen molar-refractivity contribution >= 4 is 28.5 Å². The fraction of sp³-hybridized carbons (Fsp3) is 0.294. The van der Waals surface area contributed by atoms with Crippen LogP contribution in [0, 0.1) is 6.92 Å². The molecule has 0 bridgehead atoms. The van der Waals surface area contributed by atoms with Gasteiger partial charge in [0.1, 0.15) is 10.6 Å². The quantitative estimate of drug-likeness (QED) is 0.486. The van der Waals surface area contributed by atoms with E-state index in [2.05, 4.69) is 9.73 Å². The Kier molecular flexibility index (Phi) is 6.04. The van der Waals surface area contributed by atoms with Crippen LogP contribution in [0.5, 0.6) is 5.88 Å². The summed E-state index contributed by atoms with van der Waals surface area (Å²) < 4.78 is 6.44. The number of carbonyl (C=O) groups is 1. The summed E-state index contributed by atoms with van der Waals surface area (Å²) in [6.07, 6.45) is 0. The second-order valence-electron chi connectivity index (χ2n) is 5.53. The Morgan fingerprint density at radius 2 is 1.96 bits per heavy atom. The molecule has 0 aliphatic carbocycles. The monoisotopic (exact) mass is 377 g/mol. The minimum absolute atomic E-state index is 0.105. The summed E-state index contributed by atoms with van der Waals surface area (Å²) in [6, 6.07) is 7.22. The Bertz CT molecular complexity index is 991. The fourth-order valence-corrected chi connectivity index (χ4v) is 3.05. The van der Waals surface area contributed by atoms with Gasteiger partial charge in [-0.05, 0) is 24.6 Å². The Hall–Kier alpha value is -2.81. The van der Waals surface area contributed by atoms with Crippen LogP contribution in [0.3, 0.4) is 0 Å². The highest BCUT2D eigenvalue weighted by molar-refractivity contribution is 8.15. The number of thioether (sulfide) groups is 1. The van der Waals surface area contributed by atoms with Gasteiger partial charge in [0.15, 0.2) is 0 Å². The van der Waals surface area contributed by atoms with Crippen LogP contribution in [0.4, 0.5) is 5.69 Å². The number of ether oxygens (including phenoxy) is 1. The lowest BCUT2D eigenvalue weighted by atomic mass is 10.2. The van der Waals surface area contributed by atoms with Crippen molar-refractivity contribution < 1.29 is 14.6 Å². The third-order valence-electron chi connectivity index (χ3n) is 3.63. The first-order valence-electron chi connectivity index (χ1n) is 7.60. The van der Waals surface area contributed by atoms with E-state index in [9.17, 15) is 19.5 Å². The first-order valence-corrected chi connectivity index (χ1v) is 8.59. The van der Waals surface area contributed by atoms with Crippen molar-refractivity contribution in [3.05, 3.63) is 56.2 Å². The lowest BCUT2D eigenvalue weighted by molar-refractivity contribution is -0.137. The predicted molar refractivity (Wildman–Crippen MR) is 100 cm³/mol. The van der Waals surface area contributed by atoms with Crippen LogP contribution in [0.2, 0.25) is 0 Å². The summed E-state index contributed by atoms with van der Waals surface area (Å²) in [4.78, 5) is 40.4. The molecule has 1 heterocycles.